The molecular formula is C29H28N4O4S. The summed E-state index contributed by atoms with van der Waals surface area (Å²) in [4.78, 5) is 30.0. The summed E-state index contributed by atoms with van der Waals surface area (Å²) >= 11 is 1.27. The van der Waals surface area contributed by atoms with Crippen molar-refractivity contribution in [3.05, 3.63) is 89.5 Å². The predicted molar refractivity (Wildman–Crippen MR) is 150 cm³/mol. The molecule has 8 nitrogen and oxygen atoms in total. The van der Waals surface area contributed by atoms with Gasteiger partial charge in [-0.15, -0.1) is 0 Å². The molecule has 0 bridgehead atoms. The fraction of sp³-hybridized carbons (Fsp3) is 0.241. The number of ether oxygens (including phenoxy) is 2. The molecule has 3 aromatic carbocycles. The zero-order valence-electron chi connectivity index (χ0n) is 21.4. The van der Waals surface area contributed by atoms with Gasteiger partial charge in [-0.3, -0.25) is 9.59 Å². The Hall–Kier alpha value is -4.11. The van der Waals surface area contributed by atoms with E-state index in [2.05, 4.69) is 34.6 Å². The van der Waals surface area contributed by atoms with Gasteiger partial charge in [0.25, 0.3) is 5.91 Å². The number of benzene rings is 3. The van der Waals surface area contributed by atoms with Gasteiger partial charge in [0.05, 0.1) is 31.7 Å². The summed E-state index contributed by atoms with van der Waals surface area (Å²) in [5, 5.41) is 9.43. The predicted octanol–water partition coefficient (Wildman–Crippen LogP) is 5.19. The van der Waals surface area contributed by atoms with Crippen molar-refractivity contribution in [2.75, 3.05) is 19.5 Å². The van der Waals surface area contributed by atoms with Gasteiger partial charge in [-0.2, -0.15) is 10.1 Å². The highest BCUT2D eigenvalue weighted by Gasteiger charge is 2.39. The maximum atomic E-state index is 12.9. The molecule has 2 aliphatic heterocycles. The third-order valence-electron chi connectivity index (χ3n) is 6.47. The molecule has 0 spiro atoms. The number of rotatable bonds is 7. The largest absolute Gasteiger partial charge is 0.497 e. The van der Waals surface area contributed by atoms with Gasteiger partial charge >= 0.3 is 0 Å². The van der Waals surface area contributed by atoms with Crippen LogP contribution in [0.3, 0.4) is 0 Å². The topological polar surface area (TPSA) is 92.6 Å². The number of aliphatic imine (C=N–C) groups is 1. The molecule has 0 fully saturated rings. The molecule has 5 rings (SSSR count). The average molecular weight is 529 g/mol. The number of carbonyl (C=O) groups is 2. The number of carbonyl (C=O) groups excluding carboxylic acids is 2. The SMILES string of the molecule is COc1ccc([C@@H]2CC(c3ccc(C)cc3)=NN2C2=NC(=O)[C@H](CC(=O)Nc3ccccc3OC)S2)cc1. The molecule has 0 unspecified atom stereocenters. The number of amidine groups is 1. The van der Waals surface area contributed by atoms with Crippen LogP contribution in [-0.4, -0.2) is 47.2 Å². The molecule has 0 aliphatic carbocycles. The highest BCUT2D eigenvalue weighted by molar-refractivity contribution is 8.15. The van der Waals surface area contributed by atoms with Crippen molar-refractivity contribution in [2.24, 2.45) is 10.1 Å². The van der Waals surface area contributed by atoms with E-state index in [1.807, 2.05) is 48.3 Å². The third kappa shape index (κ3) is 5.43. The highest BCUT2D eigenvalue weighted by atomic mass is 32.2. The lowest BCUT2D eigenvalue weighted by Gasteiger charge is -2.23. The number of hydrogen-bond donors (Lipinski definition) is 1. The van der Waals surface area contributed by atoms with E-state index in [9.17, 15) is 9.59 Å². The van der Waals surface area contributed by atoms with Gasteiger partial charge in [0.2, 0.25) is 5.91 Å². The van der Waals surface area contributed by atoms with E-state index >= 15 is 0 Å². The molecule has 2 heterocycles. The lowest BCUT2D eigenvalue weighted by molar-refractivity contribution is -0.121. The van der Waals surface area contributed by atoms with Crippen molar-refractivity contribution in [3.8, 4) is 11.5 Å². The summed E-state index contributed by atoms with van der Waals surface area (Å²) in [6.45, 7) is 2.05. The van der Waals surface area contributed by atoms with E-state index in [1.54, 1.807) is 26.4 Å². The second kappa shape index (κ2) is 11.1. The first-order valence-electron chi connectivity index (χ1n) is 12.2. The van der Waals surface area contributed by atoms with Crippen LogP contribution in [-0.2, 0) is 9.59 Å². The van der Waals surface area contributed by atoms with Crippen LogP contribution in [0.2, 0.25) is 0 Å². The molecule has 194 valence electrons. The summed E-state index contributed by atoms with van der Waals surface area (Å²) < 4.78 is 10.6. The van der Waals surface area contributed by atoms with Crippen LogP contribution in [0.4, 0.5) is 5.69 Å². The lowest BCUT2D eigenvalue weighted by Crippen LogP contribution is -2.25. The Bertz CT molecular complexity index is 1400. The van der Waals surface area contributed by atoms with E-state index < -0.39 is 5.25 Å². The molecule has 38 heavy (non-hydrogen) atoms. The maximum absolute atomic E-state index is 12.9. The van der Waals surface area contributed by atoms with Gasteiger partial charge in [-0.05, 0) is 42.3 Å². The number of amides is 2. The molecule has 0 aromatic heterocycles. The minimum Gasteiger partial charge on any atom is -0.497 e. The van der Waals surface area contributed by atoms with E-state index in [0.717, 1.165) is 22.6 Å². The summed E-state index contributed by atoms with van der Waals surface area (Å²) in [5.41, 5.74) is 4.71. The quantitative estimate of drug-likeness (QED) is 0.454. The van der Waals surface area contributed by atoms with Crippen molar-refractivity contribution >= 4 is 40.1 Å². The molecule has 2 amide bonds. The number of para-hydroxylation sites is 2. The minimum atomic E-state index is -0.630. The summed E-state index contributed by atoms with van der Waals surface area (Å²) in [7, 11) is 3.18. The van der Waals surface area contributed by atoms with Crippen molar-refractivity contribution in [3.63, 3.8) is 0 Å². The van der Waals surface area contributed by atoms with Gasteiger partial charge in [0.1, 0.15) is 16.7 Å². The number of hydrazone groups is 1. The van der Waals surface area contributed by atoms with Gasteiger partial charge in [0, 0.05) is 12.8 Å². The van der Waals surface area contributed by atoms with Crippen LogP contribution in [0.5, 0.6) is 11.5 Å². The molecule has 2 atom stereocenters. The second-order valence-electron chi connectivity index (χ2n) is 9.04. The molecule has 0 saturated heterocycles. The fourth-order valence-electron chi connectivity index (χ4n) is 4.41. The van der Waals surface area contributed by atoms with Crippen molar-refractivity contribution in [1.29, 1.82) is 0 Å². The van der Waals surface area contributed by atoms with Crippen molar-refractivity contribution < 1.29 is 19.1 Å². The van der Waals surface area contributed by atoms with Crippen molar-refractivity contribution in [2.45, 2.75) is 31.1 Å². The fourth-order valence-corrected chi connectivity index (χ4v) is 5.48. The summed E-state index contributed by atoms with van der Waals surface area (Å²) in [6, 6.07) is 23.1. The average Bonchev–Trinajstić information content (AvgIpc) is 3.53. The van der Waals surface area contributed by atoms with Crippen LogP contribution in [0.15, 0.2) is 82.9 Å². The van der Waals surface area contributed by atoms with Crippen LogP contribution < -0.4 is 14.8 Å². The molecule has 1 N–H and O–H groups in total. The van der Waals surface area contributed by atoms with Gasteiger partial charge < -0.3 is 14.8 Å². The standard InChI is InChI=1S/C29H28N4O4S/c1-18-8-10-19(11-9-18)23-16-24(20-12-14-21(36-2)15-13-20)33(32-23)29-31-28(35)26(38-29)17-27(34)30-22-6-4-5-7-25(22)37-3/h4-15,24,26H,16-17H2,1-3H3,(H,30,34)/t24-,26-/m0/s1. The van der Waals surface area contributed by atoms with Crippen LogP contribution in [0.1, 0.15) is 35.6 Å². The zero-order valence-corrected chi connectivity index (χ0v) is 22.2. The summed E-state index contributed by atoms with van der Waals surface area (Å²) in [6.07, 6.45) is 0.645. The minimum absolute atomic E-state index is 0.00980. The number of thioether (sulfide) groups is 1. The van der Waals surface area contributed by atoms with Crippen LogP contribution >= 0.6 is 11.8 Å². The second-order valence-corrected chi connectivity index (χ2v) is 10.2. The van der Waals surface area contributed by atoms with E-state index in [-0.39, 0.29) is 24.3 Å². The first-order chi connectivity index (χ1) is 18.4. The number of methoxy groups -OCH3 is 2. The Morgan fingerprint density at radius 3 is 2.47 bits per heavy atom. The van der Waals surface area contributed by atoms with Crippen molar-refractivity contribution in [1.82, 2.24) is 5.01 Å². The number of nitrogens with zero attached hydrogens (tertiary/aromatic N) is 3. The lowest BCUT2D eigenvalue weighted by atomic mass is 9.98. The van der Waals surface area contributed by atoms with Crippen LogP contribution in [0, 0.1) is 6.92 Å². The number of nitrogens with one attached hydrogen (secondary N) is 1. The highest BCUT2D eigenvalue weighted by Crippen LogP contribution is 2.39. The zero-order chi connectivity index (χ0) is 26.6. The molecule has 3 aromatic rings. The molecule has 0 radical (unpaired) electrons. The van der Waals surface area contributed by atoms with Gasteiger partial charge in [-0.25, -0.2) is 5.01 Å². The number of aryl methyl sites for hydroxylation is 1. The number of anilines is 1. The Labute approximate surface area is 225 Å². The number of hydrogen-bond acceptors (Lipinski definition) is 7. The molecule has 2 aliphatic rings. The first-order valence-corrected chi connectivity index (χ1v) is 13.1. The third-order valence-corrected chi connectivity index (χ3v) is 7.61. The van der Waals surface area contributed by atoms with E-state index in [0.29, 0.717) is 23.0 Å². The van der Waals surface area contributed by atoms with Gasteiger partial charge in [0.15, 0.2) is 5.17 Å². The first kappa shape index (κ1) is 25.5. The Morgan fingerprint density at radius 2 is 1.76 bits per heavy atom. The Balaban J connectivity index is 1.35. The smallest absolute Gasteiger partial charge is 0.262 e. The van der Waals surface area contributed by atoms with E-state index in [4.69, 9.17) is 14.6 Å². The van der Waals surface area contributed by atoms with Crippen LogP contribution in [0.25, 0.3) is 0 Å². The molecule has 9 heteroatoms. The Kier molecular flexibility index (Phi) is 7.46. The Morgan fingerprint density at radius 1 is 1.03 bits per heavy atom. The molecule has 0 saturated carbocycles. The van der Waals surface area contributed by atoms with E-state index in [1.165, 1.54) is 17.3 Å². The summed E-state index contributed by atoms with van der Waals surface area (Å²) in [5.74, 6) is 0.698. The van der Waals surface area contributed by atoms with Gasteiger partial charge in [-0.1, -0.05) is 65.9 Å². The monoisotopic (exact) mass is 528 g/mol. The normalized spacial score (nSPS) is 18.7. The molecular weight excluding hydrogens is 500 g/mol. The maximum Gasteiger partial charge on any atom is 0.262 e.